The van der Waals surface area contributed by atoms with E-state index in [-0.39, 0.29) is 11.6 Å². The third-order valence-corrected chi connectivity index (χ3v) is 5.45. The zero-order valence-electron chi connectivity index (χ0n) is 17.4. The van der Waals surface area contributed by atoms with E-state index in [2.05, 4.69) is 20.8 Å². The molecule has 0 unspecified atom stereocenters. The number of rotatable bonds is 4. The van der Waals surface area contributed by atoms with E-state index in [1.165, 1.54) is 19.2 Å². The van der Waals surface area contributed by atoms with Crippen LogP contribution in [0.1, 0.15) is 24.4 Å². The van der Waals surface area contributed by atoms with E-state index in [1.54, 1.807) is 24.3 Å². The van der Waals surface area contributed by atoms with E-state index in [9.17, 15) is 27.5 Å². The van der Waals surface area contributed by atoms with Gasteiger partial charge < -0.3 is 20.5 Å². The summed E-state index contributed by atoms with van der Waals surface area (Å²) in [5.74, 6) is -4.08. The van der Waals surface area contributed by atoms with Crippen LogP contribution in [0.3, 0.4) is 0 Å². The van der Waals surface area contributed by atoms with E-state index in [4.69, 9.17) is 4.74 Å². The number of nitrogens with one attached hydrogen (secondary N) is 2. The topological polar surface area (TPSA) is 101 Å². The highest BCUT2D eigenvalue weighted by Crippen LogP contribution is 2.45. The van der Waals surface area contributed by atoms with Crippen LogP contribution in [-0.2, 0) is 16.7 Å². The van der Waals surface area contributed by atoms with Crippen molar-refractivity contribution in [2.24, 2.45) is 5.92 Å². The van der Waals surface area contributed by atoms with Crippen molar-refractivity contribution in [1.29, 1.82) is 0 Å². The minimum atomic E-state index is -4.93. The Labute approximate surface area is 185 Å². The van der Waals surface area contributed by atoms with Crippen molar-refractivity contribution in [2.75, 3.05) is 17.7 Å². The number of halogens is 4. The molecule has 174 valence electrons. The van der Waals surface area contributed by atoms with Crippen LogP contribution in [0.4, 0.5) is 29.2 Å². The molecule has 0 spiro atoms. The average molecular weight is 465 g/mol. The number of methoxy groups -OCH3 is 1. The number of hydrogen-bond donors (Lipinski definition) is 3. The van der Waals surface area contributed by atoms with Gasteiger partial charge in [0.15, 0.2) is 5.72 Å². The molecule has 3 aromatic rings. The van der Waals surface area contributed by atoms with Gasteiger partial charge in [0.1, 0.15) is 17.5 Å². The SMILES string of the molecule is COc1ccc([C@@H]2Nc3nnc(C(F)(F)F)n3[C@](C)(O)[C@H]2C(=O)Nc2ccc(F)cc2)cc1. The molecule has 0 saturated heterocycles. The summed E-state index contributed by atoms with van der Waals surface area (Å²) in [5, 5.41) is 23.4. The molecule has 33 heavy (non-hydrogen) atoms. The molecule has 1 aromatic heterocycles. The maximum Gasteiger partial charge on any atom is 0.451 e. The molecule has 8 nitrogen and oxygen atoms in total. The molecule has 1 amide bonds. The number of aromatic nitrogens is 3. The molecule has 0 aliphatic carbocycles. The van der Waals surface area contributed by atoms with Crippen molar-refractivity contribution in [1.82, 2.24) is 14.8 Å². The highest BCUT2D eigenvalue weighted by Gasteiger charge is 2.54. The third kappa shape index (κ3) is 4.09. The number of alkyl halides is 3. The van der Waals surface area contributed by atoms with Crippen LogP contribution in [0, 0.1) is 11.7 Å². The Morgan fingerprint density at radius 1 is 1.15 bits per heavy atom. The number of aliphatic hydroxyl groups is 1. The van der Waals surface area contributed by atoms with E-state index in [0.717, 1.165) is 19.1 Å². The number of carbonyl (C=O) groups is 1. The molecule has 2 heterocycles. The molecular formula is C21H19F4N5O3. The van der Waals surface area contributed by atoms with Gasteiger partial charge in [0.2, 0.25) is 17.7 Å². The first-order chi connectivity index (χ1) is 15.5. The molecule has 4 rings (SSSR count). The zero-order valence-corrected chi connectivity index (χ0v) is 17.4. The Hall–Kier alpha value is -3.67. The highest BCUT2D eigenvalue weighted by atomic mass is 19.4. The van der Waals surface area contributed by atoms with E-state index < -0.39 is 41.4 Å². The van der Waals surface area contributed by atoms with Crippen LogP contribution >= 0.6 is 0 Å². The third-order valence-electron chi connectivity index (χ3n) is 5.45. The van der Waals surface area contributed by atoms with Crippen LogP contribution in [0.15, 0.2) is 48.5 Å². The lowest BCUT2D eigenvalue weighted by Gasteiger charge is -2.43. The van der Waals surface area contributed by atoms with Gasteiger partial charge in [0.05, 0.1) is 13.2 Å². The van der Waals surface area contributed by atoms with Gasteiger partial charge in [-0.1, -0.05) is 12.1 Å². The van der Waals surface area contributed by atoms with Gasteiger partial charge in [-0.3, -0.25) is 9.36 Å². The maximum absolute atomic E-state index is 13.6. The smallest absolute Gasteiger partial charge is 0.451 e. The number of amides is 1. The predicted octanol–water partition coefficient (Wildman–Crippen LogP) is 3.53. The minimum Gasteiger partial charge on any atom is -0.497 e. The summed E-state index contributed by atoms with van der Waals surface area (Å²) in [6.45, 7) is 1.08. The van der Waals surface area contributed by atoms with Gasteiger partial charge in [-0.15, -0.1) is 10.2 Å². The van der Waals surface area contributed by atoms with Gasteiger partial charge in [0.25, 0.3) is 0 Å². The second-order valence-electron chi connectivity index (χ2n) is 7.64. The predicted molar refractivity (Wildman–Crippen MR) is 109 cm³/mol. The van der Waals surface area contributed by atoms with Crippen LogP contribution in [0.5, 0.6) is 5.75 Å². The number of carbonyl (C=O) groups excluding carboxylic acids is 1. The quantitative estimate of drug-likeness (QED) is 0.510. The lowest BCUT2D eigenvalue weighted by atomic mass is 9.82. The minimum absolute atomic E-state index is 0.205. The van der Waals surface area contributed by atoms with E-state index >= 15 is 0 Å². The molecule has 0 radical (unpaired) electrons. The van der Waals surface area contributed by atoms with Crippen molar-refractivity contribution in [3.8, 4) is 5.75 Å². The lowest BCUT2D eigenvalue weighted by molar-refractivity contribution is -0.168. The number of ether oxygens (including phenoxy) is 1. The fraction of sp³-hybridized carbons (Fsp3) is 0.286. The normalized spacial score (nSPS) is 22.3. The van der Waals surface area contributed by atoms with Crippen LogP contribution in [0.2, 0.25) is 0 Å². The molecule has 1 aliphatic rings. The molecule has 0 fully saturated rings. The van der Waals surface area contributed by atoms with Crippen molar-refractivity contribution in [3.05, 3.63) is 65.7 Å². The van der Waals surface area contributed by atoms with Gasteiger partial charge >= 0.3 is 6.18 Å². The van der Waals surface area contributed by atoms with Crippen molar-refractivity contribution in [2.45, 2.75) is 24.9 Å². The largest absolute Gasteiger partial charge is 0.497 e. The summed E-state index contributed by atoms with van der Waals surface area (Å²) in [4.78, 5) is 13.3. The fourth-order valence-corrected chi connectivity index (χ4v) is 3.91. The summed E-state index contributed by atoms with van der Waals surface area (Å²) in [7, 11) is 1.47. The first-order valence-corrected chi connectivity index (χ1v) is 9.74. The van der Waals surface area contributed by atoms with E-state index in [0.29, 0.717) is 15.9 Å². The Balaban J connectivity index is 1.81. The van der Waals surface area contributed by atoms with Crippen LogP contribution < -0.4 is 15.4 Å². The Morgan fingerprint density at radius 2 is 1.79 bits per heavy atom. The molecule has 3 atom stereocenters. The van der Waals surface area contributed by atoms with Gasteiger partial charge in [-0.05, 0) is 48.9 Å². The summed E-state index contributed by atoms with van der Waals surface area (Å²) in [5.41, 5.74) is -1.70. The summed E-state index contributed by atoms with van der Waals surface area (Å²) in [6.07, 6.45) is -4.93. The van der Waals surface area contributed by atoms with Gasteiger partial charge in [0, 0.05) is 5.69 Å². The standard InChI is InChI=1S/C21H19F4N5O3/c1-20(32)15(17(31)26-13-7-5-12(22)6-8-13)16(11-3-9-14(33-2)10-4-11)27-19-29-28-18(30(19)20)21(23,24)25/h3-10,15-16,32H,1-2H3,(H,26,31)(H,27,29)/t15-,16+,20-/m1/s1. The van der Waals surface area contributed by atoms with Crippen molar-refractivity contribution >= 4 is 17.5 Å². The fourth-order valence-electron chi connectivity index (χ4n) is 3.91. The summed E-state index contributed by atoms with van der Waals surface area (Å²) in [6, 6.07) is 10.3. The van der Waals surface area contributed by atoms with Crippen molar-refractivity contribution < 1.29 is 32.2 Å². The van der Waals surface area contributed by atoms with Crippen LogP contribution in [-0.4, -0.2) is 32.9 Å². The second kappa shape index (κ2) is 8.03. The number of benzene rings is 2. The lowest BCUT2D eigenvalue weighted by Crippen LogP contribution is -2.54. The first-order valence-electron chi connectivity index (χ1n) is 9.74. The molecule has 0 saturated carbocycles. The molecule has 1 aliphatic heterocycles. The Kier molecular flexibility index (Phi) is 5.48. The zero-order chi connectivity index (χ0) is 24.0. The Bertz CT molecular complexity index is 1160. The number of anilines is 2. The molecule has 0 bridgehead atoms. The van der Waals surface area contributed by atoms with Gasteiger partial charge in [-0.25, -0.2) is 4.39 Å². The molecule has 2 aromatic carbocycles. The van der Waals surface area contributed by atoms with Crippen LogP contribution in [0.25, 0.3) is 0 Å². The summed E-state index contributed by atoms with van der Waals surface area (Å²) < 4.78 is 59.5. The number of hydrogen-bond acceptors (Lipinski definition) is 6. The Morgan fingerprint density at radius 3 is 2.36 bits per heavy atom. The van der Waals surface area contributed by atoms with E-state index in [1.807, 2.05) is 0 Å². The first kappa shape index (κ1) is 22.5. The molecule has 3 N–H and O–H groups in total. The van der Waals surface area contributed by atoms with Crippen molar-refractivity contribution in [3.63, 3.8) is 0 Å². The maximum atomic E-state index is 13.6. The second-order valence-corrected chi connectivity index (χ2v) is 7.64. The monoisotopic (exact) mass is 465 g/mol. The number of fused-ring (bicyclic) bond motifs is 1. The highest BCUT2D eigenvalue weighted by molar-refractivity contribution is 5.94. The summed E-state index contributed by atoms with van der Waals surface area (Å²) >= 11 is 0. The molecular weight excluding hydrogens is 446 g/mol. The molecule has 12 heteroatoms. The average Bonchev–Trinajstić information content (AvgIpc) is 3.21. The number of nitrogens with zero attached hydrogens (tertiary/aromatic N) is 3. The van der Waals surface area contributed by atoms with Gasteiger partial charge in [-0.2, -0.15) is 13.2 Å².